The summed E-state index contributed by atoms with van der Waals surface area (Å²) in [6.45, 7) is 9.41. The summed E-state index contributed by atoms with van der Waals surface area (Å²) < 4.78 is 5.76. The van der Waals surface area contributed by atoms with Crippen molar-refractivity contribution in [2.45, 2.75) is 45.8 Å². The summed E-state index contributed by atoms with van der Waals surface area (Å²) in [7, 11) is 0. The largest absolute Gasteiger partial charge is 0.507 e. The molecule has 2 aromatic carbocycles. The van der Waals surface area contributed by atoms with E-state index in [0.717, 1.165) is 49.4 Å². The topological polar surface area (TPSA) is 70.1 Å². The molecule has 1 amide bonds. The Morgan fingerprint density at radius 2 is 1.85 bits per heavy atom. The molecule has 1 saturated heterocycles. The number of carbonyl (C=O) groups excluding carboxylic acids is 2. The number of benzene rings is 2. The molecule has 2 aliphatic rings. The summed E-state index contributed by atoms with van der Waals surface area (Å²) in [6, 6.07) is 14.3. The highest BCUT2D eigenvalue weighted by atomic mass is 16.5. The predicted molar refractivity (Wildman–Crippen MR) is 128 cm³/mol. The zero-order chi connectivity index (χ0) is 23.5. The van der Waals surface area contributed by atoms with Crippen molar-refractivity contribution in [2.24, 2.45) is 0 Å². The fourth-order valence-corrected chi connectivity index (χ4v) is 4.82. The van der Waals surface area contributed by atoms with Gasteiger partial charge in [-0.25, -0.2) is 0 Å². The molecule has 2 aliphatic heterocycles. The Labute approximate surface area is 195 Å². The number of fused-ring (bicyclic) bond motifs is 1. The Morgan fingerprint density at radius 3 is 2.55 bits per heavy atom. The Balaban J connectivity index is 1.71. The predicted octanol–water partition coefficient (Wildman–Crippen LogP) is 4.16. The van der Waals surface area contributed by atoms with Crippen molar-refractivity contribution in [3.63, 3.8) is 0 Å². The van der Waals surface area contributed by atoms with Crippen molar-refractivity contribution in [3.05, 3.63) is 70.8 Å². The van der Waals surface area contributed by atoms with E-state index in [1.165, 1.54) is 0 Å². The molecule has 2 atom stereocenters. The van der Waals surface area contributed by atoms with Crippen LogP contribution in [-0.2, 0) is 16.0 Å². The van der Waals surface area contributed by atoms with Crippen LogP contribution in [0.4, 0.5) is 0 Å². The Kier molecular flexibility index (Phi) is 6.84. The number of hydrogen-bond acceptors (Lipinski definition) is 5. The molecule has 33 heavy (non-hydrogen) atoms. The smallest absolute Gasteiger partial charge is 0.295 e. The van der Waals surface area contributed by atoms with Crippen molar-refractivity contribution >= 4 is 17.4 Å². The molecule has 1 N–H and O–H groups in total. The number of carbonyl (C=O) groups is 2. The van der Waals surface area contributed by atoms with Crippen LogP contribution in [0.5, 0.6) is 5.75 Å². The lowest BCUT2D eigenvalue weighted by molar-refractivity contribution is -0.140. The average Bonchev–Trinajstić information content (AvgIpc) is 3.32. The van der Waals surface area contributed by atoms with Crippen LogP contribution >= 0.6 is 0 Å². The highest BCUT2D eigenvalue weighted by molar-refractivity contribution is 6.46. The fourth-order valence-electron chi connectivity index (χ4n) is 4.82. The van der Waals surface area contributed by atoms with Crippen LogP contribution in [0.2, 0.25) is 0 Å². The minimum atomic E-state index is -0.630. The van der Waals surface area contributed by atoms with E-state index >= 15 is 0 Å². The first-order valence-electron chi connectivity index (χ1n) is 11.8. The van der Waals surface area contributed by atoms with Gasteiger partial charge in [-0.2, -0.15) is 0 Å². The van der Waals surface area contributed by atoms with Gasteiger partial charge in [-0.15, -0.1) is 0 Å². The van der Waals surface area contributed by atoms with Gasteiger partial charge in [-0.1, -0.05) is 44.2 Å². The minimum Gasteiger partial charge on any atom is -0.507 e. The van der Waals surface area contributed by atoms with E-state index in [1.807, 2.05) is 49.4 Å². The number of ketones is 1. The molecule has 6 heteroatoms. The number of aliphatic hydroxyl groups is 1. The second-order valence-corrected chi connectivity index (χ2v) is 8.74. The van der Waals surface area contributed by atoms with Crippen molar-refractivity contribution in [1.29, 1.82) is 0 Å². The van der Waals surface area contributed by atoms with Crippen LogP contribution in [0.15, 0.2) is 54.1 Å². The number of ether oxygens (including phenoxy) is 1. The number of likely N-dealkylation sites (tertiary alicyclic amines) is 1. The van der Waals surface area contributed by atoms with E-state index in [9.17, 15) is 14.7 Å². The van der Waals surface area contributed by atoms with E-state index in [4.69, 9.17) is 4.74 Å². The van der Waals surface area contributed by atoms with Gasteiger partial charge in [0.25, 0.3) is 11.7 Å². The van der Waals surface area contributed by atoms with Crippen LogP contribution in [-0.4, -0.2) is 58.9 Å². The second-order valence-electron chi connectivity index (χ2n) is 8.74. The lowest BCUT2D eigenvalue weighted by atomic mass is 9.94. The zero-order valence-corrected chi connectivity index (χ0v) is 19.6. The monoisotopic (exact) mass is 448 g/mol. The maximum absolute atomic E-state index is 13.2. The highest BCUT2D eigenvalue weighted by Gasteiger charge is 2.45. The van der Waals surface area contributed by atoms with Gasteiger partial charge in [0.05, 0.1) is 11.6 Å². The van der Waals surface area contributed by atoms with Crippen LogP contribution in [0.1, 0.15) is 49.9 Å². The van der Waals surface area contributed by atoms with Gasteiger partial charge in [-0.3, -0.25) is 9.59 Å². The van der Waals surface area contributed by atoms with Gasteiger partial charge in [0.2, 0.25) is 0 Å². The molecular weight excluding hydrogens is 416 g/mol. The van der Waals surface area contributed by atoms with Gasteiger partial charge in [0.15, 0.2) is 0 Å². The average molecular weight is 449 g/mol. The third kappa shape index (κ3) is 4.53. The summed E-state index contributed by atoms with van der Waals surface area (Å²) in [5, 5.41) is 11.3. The third-order valence-corrected chi connectivity index (χ3v) is 6.59. The van der Waals surface area contributed by atoms with Gasteiger partial charge >= 0.3 is 0 Å². The maximum Gasteiger partial charge on any atom is 0.295 e. The van der Waals surface area contributed by atoms with E-state index < -0.39 is 17.7 Å². The third-order valence-electron chi connectivity index (χ3n) is 6.59. The first kappa shape index (κ1) is 23.1. The van der Waals surface area contributed by atoms with Gasteiger partial charge < -0.3 is 19.6 Å². The standard InChI is InChI=1S/C27H32N2O4/c1-4-28(5-2)14-9-15-29-24(19-10-7-6-8-11-19)23(26(31)27(29)32)25(30)20-12-13-22-21(17-20)16-18(3)33-22/h6-8,10-13,17-18,24,30H,4-5,9,14-16H2,1-3H3/b25-23-. The molecule has 4 rings (SSSR count). The van der Waals surface area contributed by atoms with Gasteiger partial charge in [0, 0.05) is 18.5 Å². The van der Waals surface area contributed by atoms with E-state index in [0.29, 0.717) is 12.1 Å². The Bertz CT molecular complexity index is 1060. The Morgan fingerprint density at radius 1 is 1.12 bits per heavy atom. The number of aliphatic hydroxyl groups excluding tert-OH is 1. The summed E-state index contributed by atoms with van der Waals surface area (Å²) >= 11 is 0. The van der Waals surface area contributed by atoms with E-state index in [-0.39, 0.29) is 17.4 Å². The molecule has 0 aromatic heterocycles. The summed E-state index contributed by atoms with van der Waals surface area (Å²) in [5.74, 6) is -0.510. The molecule has 0 spiro atoms. The SMILES string of the molecule is CCN(CC)CCCN1C(=O)C(=O)/C(=C(\O)c2ccc3c(c2)CC(C)O3)C1c1ccccc1. The maximum atomic E-state index is 13.2. The molecular formula is C27H32N2O4. The van der Waals surface area contributed by atoms with E-state index in [2.05, 4.69) is 18.7 Å². The van der Waals surface area contributed by atoms with Crippen LogP contribution in [0.25, 0.3) is 5.76 Å². The van der Waals surface area contributed by atoms with Crippen molar-refractivity contribution in [1.82, 2.24) is 9.80 Å². The first-order valence-corrected chi connectivity index (χ1v) is 11.8. The Hall–Kier alpha value is -3.12. The molecule has 0 aliphatic carbocycles. The molecule has 0 radical (unpaired) electrons. The molecule has 0 saturated carbocycles. The molecule has 0 bridgehead atoms. The number of nitrogens with zero attached hydrogens (tertiary/aromatic N) is 2. The molecule has 2 heterocycles. The van der Waals surface area contributed by atoms with Gasteiger partial charge in [-0.05, 0) is 62.3 Å². The molecule has 2 unspecified atom stereocenters. The number of hydrogen-bond donors (Lipinski definition) is 1. The second kappa shape index (κ2) is 9.79. The minimum absolute atomic E-state index is 0.0816. The number of Topliss-reactive ketones (excluding diaryl/α,β-unsaturated/α-hetero) is 1. The normalized spacial score (nSPS) is 21.5. The zero-order valence-electron chi connectivity index (χ0n) is 19.6. The number of amides is 1. The first-order chi connectivity index (χ1) is 15.9. The highest BCUT2D eigenvalue weighted by Crippen LogP contribution is 2.40. The summed E-state index contributed by atoms with van der Waals surface area (Å²) in [4.78, 5) is 30.2. The van der Waals surface area contributed by atoms with E-state index in [1.54, 1.807) is 11.0 Å². The van der Waals surface area contributed by atoms with Crippen molar-refractivity contribution < 1.29 is 19.4 Å². The van der Waals surface area contributed by atoms with Crippen molar-refractivity contribution in [2.75, 3.05) is 26.2 Å². The molecule has 6 nitrogen and oxygen atoms in total. The van der Waals surface area contributed by atoms with Crippen LogP contribution < -0.4 is 4.74 Å². The summed E-state index contributed by atoms with van der Waals surface area (Å²) in [5.41, 5.74) is 2.50. The molecule has 174 valence electrons. The molecule has 1 fully saturated rings. The lowest BCUT2D eigenvalue weighted by Crippen LogP contribution is -2.33. The lowest BCUT2D eigenvalue weighted by Gasteiger charge is -2.26. The van der Waals surface area contributed by atoms with Crippen LogP contribution in [0.3, 0.4) is 0 Å². The quantitative estimate of drug-likeness (QED) is 0.373. The number of rotatable bonds is 8. The molecule has 2 aromatic rings. The fraction of sp³-hybridized carbons (Fsp3) is 0.407. The summed E-state index contributed by atoms with van der Waals surface area (Å²) in [6.07, 6.45) is 1.59. The van der Waals surface area contributed by atoms with Gasteiger partial charge in [0.1, 0.15) is 17.6 Å². The van der Waals surface area contributed by atoms with Crippen LogP contribution in [0, 0.1) is 0 Å². The van der Waals surface area contributed by atoms with Crippen molar-refractivity contribution in [3.8, 4) is 5.75 Å².